The van der Waals surface area contributed by atoms with Crippen molar-refractivity contribution in [1.29, 1.82) is 0 Å². The largest absolute Gasteiger partial charge is 0.314 e. The first-order chi connectivity index (χ1) is 7.25. The monoisotopic (exact) mass is 207 g/mol. The molecule has 2 atom stereocenters. The summed E-state index contributed by atoms with van der Waals surface area (Å²) in [6.07, 6.45) is 6.97. The minimum Gasteiger partial charge on any atom is -0.314 e. The Morgan fingerprint density at radius 2 is 2.40 bits per heavy atom. The van der Waals surface area contributed by atoms with E-state index in [1.807, 2.05) is 17.9 Å². The standard InChI is InChI=1S/C12H21N3/c1-10-3-4-11(13-9-10)5-6-12-7-8-14-15(12)2/h7-8,10-11,13H,3-6,9H2,1-2H3. The highest BCUT2D eigenvalue weighted by Crippen LogP contribution is 2.16. The Labute approximate surface area is 91.9 Å². The molecule has 0 saturated carbocycles. The van der Waals surface area contributed by atoms with Crippen molar-refractivity contribution in [3.05, 3.63) is 18.0 Å². The Balaban J connectivity index is 1.77. The Morgan fingerprint density at radius 3 is 3.00 bits per heavy atom. The highest BCUT2D eigenvalue weighted by molar-refractivity contribution is 5.00. The van der Waals surface area contributed by atoms with Crippen molar-refractivity contribution in [1.82, 2.24) is 15.1 Å². The average molecular weight is 207 g/mol. The van der Waals surface area contributed by atoms with Crippen LogP contribution in [0.5, 0.6) is 0 Å². The van der Waals surface area contributed by atoms with Crippen LogP contribution < -0.4 is 5.32 Å². The maximum atomic E-state index is 4.19. The van der Waals surface area contributed by atoms with Crippen LogP contribution in [-0.2, 0) is 13.5 Å². The highest BCUT2D eigenvalue weighted by Gasteiger charge is 2.17. The van der Waals surface area contributed by atoms with Gasteiger partial charge in [0.05, 0.1) is 0 Å². The number of nitrogens with zero attached hydrogens (tertiary/aromatic N) is 2. The topological polar surface area (TPSA) is 29.9 Å². The lowest BCUT2D eigenvalue weighted by Gasteiger charge is -2.27. The first-order valence-electron chi connectivity index (χ1n) is 5.96. The summed E-state index contributed by atoms with van der Waals surface area (Å²) in [6, 6.07) is 2.84. The molecule has 1 aliphatic heterocycles. The lowest BCUT2D eigenvalue weighted by atomic mass is 9.93. The Kier molecular flexibility index (Phi) is 3.41. The number of aromatic nitrogens is 2. The lowest BCUT2D eigenvalue weighted by Crippen LogP contribution is -2.38. The summed E-state index contributed by atoms with van der Waals surface area (Å²) in [5, 5.41) is 7.81. The molecule has 2 heterocycles. The zero-order chi connectivity index (χ0) is 10.7. The normalized spacial score (nSPS) is 26.8. The van der Waals surface area contributed by atoms with Gasteiger partial charge in [-0.3, -0.25) is 4.68 Å². The van der Waals surface area contributed by atoms with Gasteiger partial charge in [-0.05, 0) is 44.2 Å². The molecule has 0 amide bonds. The summed E-state index contributed by atoms with van der Waals surface area (Å²) in [4.78, 5) is 0. The summed E-state index contributed by atoms with van der Waals surface area (Å²) in [6.45, 7) is 3.51. The van der Waals surface area contributed by atoms with Crippen LogP contribution in [0.2, 0.25) is 0 Å². The number of piperidine rings is 1. The molecule has 1 aromatic rings. The van der Waals surface area contributed by atoms with E-state index in [9.17, 15) is 0 Å². The van der Waals surface area contributed by atoms with E-state index in [2.05, 4.69) is 23.4 Å². The van der Waals surface area contributed by atoms with E-state index in [0.29, 0.717) is 0 Å². The van der Waals surface area contributed by atoms with E-state index in [1.54, 1.807) is 0 Å². The first-order valence-corrected chi connectivity index (χ1v) is 5.96. The van der Waals surface area contributed by atoms with Crippen molar-refractivity contribution in [2.24, 2.45) is 13.0 Å². The summed E-state index contributed by atoms with van der Waals surface area (Å²) in [5.74, 6) is 0.859. The molecule has 1 N–H and O–H groups in total. The average Bonchev–Trinajstić information content (AvgIpc) is 2.63. The number of hydrogen-bond donors (Lipinski definition) is 1. The van der Waals surface area contributed by atoms with Crippen LogP contribution in [0, 0.1) is 5.92 Å². The Bertz CT molecular complexity index is 298. The number of nitrogens with one attached hydrogen (secondary N) is 1. The van der Waals surface area contributed by atoms with Gasteiger partial charge >= 0.3 is 0 Å². The van der Waals surface area contributed by atoms with Crippen molar-refractivity contribution in [3.63, 3.8) is 0 Å². The van der Waals surface area contributed by atoms with Crippen LogP contribution in [-0.4, -0.2) is 22.4 Å². The van der Waals surface area contributed by atoms with E-state index >= 15 is 0 Å². The smallest absolute Gasteiger partial charge is 0.0492 e. The summed E-state index contributed by atoms with van der Waals surface area (Å²) < 4.78 is 1.98. The van der Waals surface area contributed by atoms with Gasteiger partial charge in [0.15, 0.2) is 0 Å². The van der Waals surface area contributed by atoms with Crippen LogP contribution in [0.3, 0.4) is 0 Å². The quantitative estimate of drug-likeness (QED) is 0.818. The van der Waals surface area contributed by atoms with Crippen molar-refractivity contribution in [2.75, 3.05) is 6.54 Å². The molecule has 1 fully saturated rings. The molecule has 3 heteroatoms. The molecule has 15 heavy (non-hydrogen) atoms. The fraction of sp³-hybridized carbons (Fsp3) is 0.750. The maximum Gasteiger partial charge on any atom is 0.0492 e. The first kappa shape index (κ1) is 10.7. The predicted molar refractivity (Wildman–Crippen MR) is 61.7 cm³/mol. The number of aryl methyl sites for hydroxylation is 2. The second-order valence-electron chi connectivity index (χ2n) is 4.77. The van der Waals surface area contributed by atoms with Gasteiger partial charge in [-0.15, -0.1) is 0 Å². The summed E-state index contributed by atoms with van der Waals surface area (Å²) in [5.41, 5.74) is 1.34. The van der Waals surface area contributed by atoms with Crippen LogP contribution in [0.15, 0.2) is 12.3 Å². The third kappa shape index (κ3) is 2.81. The van der Waals surface area contributed by atoms with Crippen LogP contribution in [0.4, 0.5) is 0 Å². The maximum absolute atomic E-state index is 4.19. The highest BCUT2D eigenvalue weighted by atomic mass is 15.2. The predicted octanol–water partition coefficient (Wildman–Crippen LogP) is 1.74. The van der Waals surface area contributed by atoms with Crippen molar-refractivity contribution in [2.45, 2.75) is 38.6 Å². The zero-order valence-corrected chi connectivity index (χ0v) is 9.74. The molecule has 2 rings (SSSR count). The van der Waals surface area contributed by atoms with Crippen molar-refractivity contribution < 1.29 is 0 Å². The molecule has 2 unspecified atom stereocenters. The molecule has 84 valence electrons. The Hall–Kier alpha value is -0.830. The van der Waals surface area contributed by atoms with Crippen LogP contribution >= 0.6 is 0 Å². The summed E-state index contributed by atoms with van der Waals surface area (Å²) in [7, 11) is 2.02. The van der Waals surface area contributed by atoms with E-state index in [-0.39, 0.29) is 0 Å². The molecule has 0 aliphatic carbocycles. The van der Waals surface area contributed by atoms with E-state index in [1.165, 1.54) is 31.5 Å². The number of hydrogen-bond acceptors (Lipinski definition) is 2. The van der Waals surface area contributed by atoms with Crippen molar-refractivity contribution >= 4 is 0 Å². The molecule has 1 aromatic heterocycles. The van der Waals surface area contributed by atoms with Gasteiger partial charge < -0.3 is 5.32 Å². The molecule has 1 aliphatic rings. The van der Waals surface area contributed by atoms with Gasteiger partial charge in [-0.25, -0.2) is 0 Å². The molecule has 1 saturated heterocycles. The third-order valence-electron chi connectivity index (χ3n) is 3.43. The molecule has 0 bridgehead atoms. The molecule has 0 radical (unpaired) electrons. The third-order valence-corrected chi connectivity index (χ3v) is 3.43. The second kappa shape index (κ2) is 4.79. The second-order valence-corrected chi connectivity index (χ2v) is 4.77. The van der Waals surface area contributed by atoms with Gasteiger partial charge in [0.25, 0.3) is 0 Å². The number of rotatable bonds is 3. The molecular weight excluding hydrogens is 186 g/mol. The minimum atomic E-state index is 0.719. The van der Waals surface area contributed by atoms with Crippen molar-refractivity contribution in [3.8, 4) is 0 Å². The van der Waals surface area contributed by atoms with Gasteiger partial charge in [0.2, 0.25) is 0 Å². The fourth-order valence-corrected chi connectivity index (χ4v) is 2.27. The molecular formula is C12H21N3. The Morgan fingerprint density at radius 1 is 1.53 bits per heavy atom. The van der Waals surface area contributed by atoms with Crippen LogP contribution in [0.1, 0.15) is 31.9 Å². The van der Waals surface area contributed by atoms with E-state index in [4.69, 9.17) is 0 Å². The fourth-order valence-electron chi connectivity index (χ4n) is 2.27. The van der Waals surface area contributed by atoms with Crippen LogP contribution in [0.25, 0.3) is 0 Å². The SMILES string of the molecule is CC1CCC(CCc2ccnn2C)NC1. The van der Waals surface area contributed by atoms with Gasteiger partial charge in [0.1, 0.15) is 0 Å². The van der Waals surface area contributed by atoms with E-state index in [0.717, 1.165) is 18.4 Å². The molecule has 3 nitrogen and oxygen atoms in total. The zero-order valence-electron chi connectivity index (χ0n) is 9.74. The summed E-state index contributed by atoms with van der Waals surface area (Å²) >= 11 is 0. The van der Waals surface area contributed by atoms with Gasteiger partial charge in [-0.1, -0.05) is 6.92 Å². The van der Waals surface area contributed by atoms with E-state index < -0.39 is 0 Å². The van der Waals surface area contributed by atoms with Gasteiger partial charge in [0, 0.05) is 25.0 Å². The minimum absolute atomic E-state index is 0.719. The molecule has 0 aromatic carbocycles. The lowest BCUT2D eigenvalue weighted by molar-refractivity contribution is 0.315. The van der Waals surface area contributed by atoms with Gasteiger partial charge in [-0.2, -0.15) is 5.10 Å². The molecule has 0 spiro atoms.